The molecule has 180 valence electrons. The molecule has 2 aromatic heterocycles. The standard InChI is InChI=1S/C23H27F2N7O2/c1-14-10-27-20(11-26-14)19-9-22(31(2)30-19)29-23(33)28-21-13-32(6-7-34-3)12-16(21)15-4-5-17(24)18(25)8-15/h4-5,8-11,16,21H,6-7,12-13H2,1-3H3,(H2,28,29,33). The Morgan fingerprint density at radius 1 is 1.15 bits per heavy atom. The normalized spacial score (nSPS) is 18.3. The number of nitrogens with one attached hydrogen (secondary N) is 2. The second kappa shape index (κ2) is 10.2. The monoisotopic (exact) mass is 471 g/mol. The fourth-order valence-electron chi connectivity index (χ4n) is 4.07. The number of benzene rings is 1. The summed E-state index contributed by atoms with van der Waals surface area (Å²) in [7, 11) is 3.34. The highest BCUT2D eigenvalue weighted by molar-refractivity contribution is 5.89. The van der Waals surface area contributed by atoms with Gasteiger partial charge in [-0.3, -0.25) is 24.9 Å². The van der Waals surface area contributed by atoms with Crippen molar-refractivity contribution in [1.29, 1.82) is 0 Å². The lowest BCUT2D eigenvalue weighted by atomic mass is 9.94. The Labute approximate surface area is 196 Å². The summed E-state index contributed by atoms with van der Waals surface area (Å²) in [4.78, 5) is 23.5. The molecule has 0 saturated carbocycles. The molecule has 2 unspecified atom stereocenters. The summed E-state index contributed by atoms with van der Waals surface area (Å²) < 4.78 is 34.1. The van der Waals surface area contributed by atoms with Crippen molar-refractivity contribution in [3.8, 4) is 11.4 Å². The average Bonchev–Trinajstić information content (AvgIpc) is 3.37. The summed E-state index contributed by atoms with van der Waals surface area (Å²) in [5, 5.41) is 10.2. The summed E-state index contributed by atoms with van der Waals surface area (Å²) in [5.41, 5.74) is 2.60. The van der Waals surface area contributed by atoms with Crippen molar-refractivity contribution in [2.45, 2.75) is 18.9 Å². The lowest BCUT2D eigenvalue weighted by Gasteiger charge is -2.20. The van der Waals surface area contributed by atoms with Crippen LogP contribution in [0.2, 0.25) is 0 Å². The zero-order valence-corrected chi connectivity index (χ0v) is 19.3. The molecule has 9 nitrogen and oxygen atoms in total. The number of hydrogen-bond acceptors (Lipinski definition) is 6. The average molecular weight is 472 g/mol. The van der Waals surface area contributed by atoms with E-state index in [0.717, 1.165) is 11.8 Å². The van der Waals surface area contributed by atoms with Crippen LogP contribution >= 0.6 is 0 Å². The molecule has 0 spiro atoms. The summed E-state index contributed by atoms with van der Waals surface area (Å²) in [6, 6.07) is 4.86. The SMILES string of the molecule is COCCN1CC(NC(=O)Nc2cc(-c3cnc(C)cn3)nn2C)C(c2ccc(F)c(F)c2)C1. The molecule has 34 heavy (non-hydrogen) atoms. The van der Waals surface area contributed by atoms with Crippen LogP contribution in [0.1, 0.15) is 17.2 Å². The molecule has 3 heterocycles. The van der Waals surface area contributed by atoms with E-state index < -0.39 is 17.7 Å². The van der Waals surface area contributed by atoms with Crippen molar-refractivity contribution in [1.82, 2.24) is 30.0 Å². The number of urea groups is 1. The minimum absolute atomic E-state index is 0.206. The maximum absolute atomic E-state index is 13.9. The molecule has 0 bridgehead atoms. The van der Waals surface area contributed by atoms with Crippen molar-refractivity contribution in [3.63, 3.8) is 0 Å². The van der Waals surface area contributed by atoms with E-state index in [-0.39, 0.29) is 12.0 Å². The minimum Gasteiger partial charge on any atom is -0.383 e. The number of amides is 2. The molecule has 11 heteroatoms. The van der Waals surface area contributed by atoms with Gasteiger partial charge in [0.1, 0.15) is 17.2 Å². The smallest absolute Gasteiger partial charge is 0.320 e. The van der Waals surface area contributed by atoms with E-state index in [0.29, 0.717) is 49.0 Å². The topological polar surface area (TPSA) is 97.2 Å². The fourth-order valence-corrected chi connectivity index (χ4v) is 4.07. The van der Waals surface area contributed by atoms with E-state index in [1.165, 1.54) is 6.07 Å². The number of halogens is 2. The molecule has 1 aliphatic rings. The predicted molar refractivity (Wildman–Crippen MR) is 122 cm³/mol. The van der Waals surface area contributed by atoms with Gasteiger partial charge in [-0.1, -0.05) is 6.07 Å². The van der Waals surface area contributed by atoms with Crippen LogP contribution in [0.25, 0.3) is 11.4 Å². The van der Waals surface area contributed by atoms with E-state index in [9.17, 15) is 13.6 Å². The van der Waals surface area contributed by atoms with E-state index in [4.69, 9.17) is 4.74 Å². The van der Waals surface area contributed by atoms with Crippen molar-refractivity contribution < 1.29 is 18.3 Å². The molecule has 0 radical (unpaired) electrons. The number of aromatic nitrogens is 4. The number of anilines is 1. The number of methoxy groups -OCH3 is 1. The Morgan fingerprint density at radius 2 is 1.97 bits per heavy atom. The molecule has 3 aromatic rings. The van der Waals surface area contributed by atoms with Crippen LogP contribution in [0.4, 0.5) is 19.4 Å². The largest absolute Gasteiger partial charge is 0.383 e. The number of ether oxygens (including phenoxy) is 1. The first-order valence-electron chi connectivity index (χ1n) is 10.9. The van der Waals surface area contributed by atoms with Gasteiger partial charge < -0.3 is 10.1 Å². The second-order valence-corrected chi connectivity index (χ2v) is 8.32. The second-order valence-electron chi connectivity index (χ2n) is 8.32. The van der Waals surface area contributed by atoms with Crippen molar-refractivity contribution in [2.24, 2.45) is 7.05 Å². The molecule has 2 N–H and O–H groups in total. The number of likely N-dealkylation sites (tertiary alicyclic amines) is 1. The fraction of sp³-hybridized carbons (Fsp3) is 0.391. The van der Waals surface area contributed by atoms with Gasteiger partial charge in [-0.25, -0.2) is 13.6 Å². The third-order valence-corrected chi connectivity index (χ3v) is 5.86. The van der Waals surface area contributed by atoms with E-state index >= 15 is 0 Å². The summed E-state index contributed by atoms with van der Waals surface area (Å²) in [6.45, 7) is 4.18. The highest BCUT2D eigenvalue weighted by Gasteiger charge is 2.35. The zero-order valence-electron chi connectivity index (χ0n) is 19.3. The lowest BCUT2D eigenvalue weighted by Crippen LogP contribution is -2.42. The van der Waals surface area contributed by atoms with Gasteiger partial charge in [0.2, 0.25) is 0 Å². The molecule has 1 saturated heterocycles. The van der Waals surface area contributed by atoms with Crippen molar-refractivity contribution >= 4 is 11.8 Å². The first-order chi connectivity index (χ1) is 16.3. The number of carbonyl (C=O) groups is 1. The van der Waals surface area contributed by atoms with Crippen molar-refractivity contribution in [2.75, 3.05) is 38.7 Å². The van der Waals surface area contributed by atoms with E-state index in [2.05, 4.69) is 30.6 Å². The molecule has 2 atom stereocenters. The van der Waals surface area contributed by atoms with Crippen LogP contribution in [0.5, 0.6) is 0 Å². The number of hydrogen-bond donors (Lipinski definition) is 2. The highest BCUT2D eigenvalue weighted by atomic mass is 19.2. The third-order valence-electron chi connectivity index (χ3n) is 5.86. The summed E-state index contributed by atoms with van der Waals surface area (Å²) in [6.07, 6.45) is 3.28. The van der Waals surface area contributed by atoms with Gasteiger partial charge in [0.15, 0.2) is 11.6 Å². The third kappa shape index (κ3) is 5.37. The van der Waals surface area contributed by atoms with Crippen LogP contribution < -0.4 is 10.6 Å². The van der Waals surface area contributed by atoms with Gasteiger partial charge in [-0.05, 0) is 24.6 Å². The Kier molecular flexibility index (Phi) is 7.13. The summed E-state index contributed by atoms with van der Waals surface area (Å²) in [5.74, 6) is -1.53. The van der Waals surface area contributed by atoms with Gasteiger partial charge in [0.25, 0.3) is 0 Å². The van der Waals surface area contributed by atoms with E-state index in [1.54, 1.807) is 43.4 Å². The van der Waals surface area contributed by atoms with Gasteiger partial charge in [-0.2, -0.15) is 5.10 Å². The molecular formula is C23H27F2N7O2. The van der Waals surface area contributed by atoms with Gasteiger partial charge >= 0.3 is 6.03 Å². The molecule has 2 amide bonds. The lowest BCUT2D eigenvalue weighted by molar-refractivity contribution is 0.159. The first-order valence-corrected chi connectivity index (χ1v) is 10.9. The number of carbonyl (C=O) groups excluding carboxylic acids is 1. The molecular weight excluding hydrogens is 444 g/mol. The Hall–Kier alpha value is -3.44. The van der Waals surface area contributed by atoms with Gasteiger partial charge in [0, 0.05) is 52.0 Å². The Balaban J connectivity index is 1.47. The number of nitrogens with zero attached hydrogens (tertiary/aromatic N) is 5. The maximum atomic E-state index is 13.9. The molecule has 0 aliphatic carbocycles. The quantitative estimate of drug-likeness (QED) is 0.550. The van der Waals surface area contributed by atoms with Crippen molar-refractivity contribution in [3.05, 3.63) is 59.6 Å². The molecule has 1 aromatic carbocycles. The number of aryl methyl sites for hydroxylation is 2. The van der Waals surface area contributed by atoms with Crippen LogP contribution in [-0.4, -0.2) is 70.1 Å². The zero-order chi connectivity index (χ0) is 24.2. The summed E-state index contributed by atoms with van der Waals surface area (Å²) >= 11 is 0. The molecule has 1 aliphatic heterocycles. The Morgan fingerprint density at radius 3 is 2.68 bits per heavy atom. The first kappa shape index (κ1) is 23.7. The number of rotatable bonds is 7. The molecule has 1 fully saturated rings. The van der Waals surface area contributed by atoms with E-state index in [1.807, 2.05) is 6.92 Å². The predicted octanol–water partition coefficient (Wildman–Crippen LogP) is 2.70. The Bertz CT molecular complexity index is 1150. The maximum Gasteiger partial charge on any atom is 0.320 e. The highest BCUT2D eigenvalue weighted by Crippen LogP contribution is 2.29. The van der Waals surface area contributed by atoms with Gasteiger partial charge in [0.05, 0.1) is 24.5 Å². The van der Waals surface area contributed by atoms with Crippen LogP contribution in [0, 0.1) is 18.6 Å². The van der Waals surface area contributed by atoms with Crippen LogP contribution in [0.15, 0.2) is 36.7 Å². The molecule has 4 rings (SSSR count). The van der Waals surface area contributed by atoms with Crippen LogP contribution in [-0.2, 0) is 11.8 Å². The van der Waals surface area contributed by atoms with Gasteiger partial charge in [-0.15, -0.1) is 0 Å². The minimum atomic E-state index is -0.905. The van der Waals surface area contributed by atoms with Crippen LogP contribution in [0.3, 0.4) is 0 Å².